The highest BCUT2D eigenvalue weighted by Crippen LogP contribution is 2.21. The number of rotatable bonds is 4. The fourth-order valence-corrected chi connectivity index (χ4v) is 1.36. The van der Waals surface area contributed by atoms with Crippen LogP contribution in [0.3, 0.4) is 0 Å². The van der Waals surface area contributed by atoms with Gasteiger partial charge < -0.3 is 13.9 Å². The number of methoxy groups -OCH3 is 1. The molecule has 0 N–H and O–H groups in total. The summed E-state index contributed by atoms with van der Waals surface area (Å²) in [5, 5.41) is 0. The maximum absolute atomic E-state index is 11.1. The van der Waals surface area contributed by atoms with Gasteiger partial charge in [-0.25, -0.2) is 9.78 Å². The molecule has 2 aromatic rings. The zero-order valence-corrected chi connectivity index (χ0v) is 10.0. The molecule has 0 fully saturated rings. The molecule has 2 rings (SSSR count). The van der Waals surface area contributed by atoms with Crippen LogP contribution in [-0.2, 0) is 9.53 Å². The van der Waals surface area contributed by atoms with Gasteiger partial charge in [-0.05, 0) is 13.0 Å². The summed E-state index contributed by atoms with van der Waals surface area (Å²) < 4.78 is 15.2. The molecule has 0 saturated carbocycles. The van der Waals surface area contributed by atoms with Crippen LogP contribution >= 0.6 is 0 Å². The first-order chi connectivity index (χ1) is 8.72. The maximum Gasteiger partial charge on any atom is 0.333 e. The van der Waals surface area contributed by atoms with Gasteiger partial charge in [0.2, 0.25) is 5.58 Å². The molecular formula is C12H12N2O4. The monoisotopic (exact) mass is 248 g/mol. The van der Waals surface area contributed by atoms with Crippen LogP contribution in [-0.4, -0.2) is 29.7 Å². The SMILES string of the molecule is COC(=O)/C(C)=C/COc1ncnc2ccoc12. The summed E-state index contributed by atoms with van der Waals surface area (Å²) in [4.78, 5) is 19.1. The van der Waals surface area contributed by atoms with E-state index in [-0.39, 0.29) is 12.6 Å². The zero-order valence-electron chi connectivity index (χ0n) is 10.0. The Morgan fingerprint density at radius 3 is 3.11 bits per heavy atom. The third kappa shape index (κ3) is 2.48. The van der Waals surface area contributed by atoms with Crippen molar-refractivity contribution < 1.29 is 18.7 Å². The van der Waals surface area contributed by atoms with E-state index in [2.05, 4.69) is 14.7 Å². The van der Waals surface area contributed by atoms with E-state index >= 15 is 0 Å². The number of aromatic nitrogens is 2. The quantitative estimate of drug-likeness (QED) is 0.605. The van der Waals surface area contributed by atoms with Gasteiger partial charge in [0.1, 0.15) is 18.5 Å². The molecule has 0 aromatic carbocycles. The Morgan fingerprint density at radius 1 is 1.50 bits per heavy atom. The van der Waals surface area contributed by atoms with E-state index in [0.717, 1.165) is 0 Å². The molecule has 0 amide bonds. The summed E-state index contributed by atoms with van der Waals surface area (Å²) in [5.41, 5.74) is 1.64. The Bertz CT molecular complexity index is 589. The molecule has 2 heterocycles. The van der Waals surface area contributed by atoms with E-state index in [1.807, 2.05) is 0 Å². The van der Waals surface area contributed by atoms with Crippen LogP contribution in [0.15, 0.2) is 34.7 Å². The summed E-state index contributed by atoms with van der Waals surface area (Å²) >= 11 is 0. The van der Waals surface area contributed by atoms with Crippen LogP contribution in [0.5, 0.6) is 5.88 Å². The predicted octanol–water partition coefficient (Wildman–Crippen LogP) is 1.72. The van der Waals surface area contributed by atoms with Crippen molar-refractivity contribution in [3.63, 3.8) is 0 Å². The first kappa shape index (κ1) is 12.1. The molecular weight excluding hydrogens is 236 g/mol. The highest BCUT2D eigenvalue weighted by molar-refractivity contribution is 5.87. The molecule has 0 saturated heterocycles. The number of furan rings is 1. The number of hydrogen-bond acceptors (Lipinski definition) is 6. The highest BCUT2D eigenvalue weighted by Gasteiger charge is 2.07. The lowest BCUT2D eigenvalue weighted by Crippen LogP contribution is -2.04. The van der Waals surface area contributed by atoms with Gasteiger partial charge in [0.05, 0.1) is 13.4 Å². The molecule has 0 spiro atoms. The number of nitrogens with zero attached hydrogens (tertiary/aromatic N) is 2. The average Bonchev–Trinajstić information content (AvgIpc) is 2.86. The third-order valence-corrected chi connectivity index (χ3v) is 2.33. The topological polar surface area (TPSA) is 74.5 Å². The third-order valence-electron chi connectivity index (χ3n) is 2.33. The lowest BCUT2D eigenvalue weighted by Gasteiger charge is -2.03. The van der Waals surface area contributed by atoms with Crippen LogP contribution in [0.1, 0.15) is 6.92 Å². The van der Waals surface area contributed by atoms with Crippen molar-refractivity contribution in [1.82, 2.24) is 9.97 Å². The van der Waals surface area contributed by atoms with E-state index in [4.69, 9.17) is 9.15 Å². The Hall–Kier alpha value is -2.37. The Kier molecular flexibility index (Phi) is 3.57. The van der Waals surface area contributed by atoms with E-state index in [9.17, 15) is 4.79 Å². The fraction of sp³-hybridized carbons (Fsp3) is 0.250. The first-order valence-electron chi connectivity index (χ1n) is 5.28. The van der Waals surface area contributed by atoms with Crippen molar-refractivity contribution in [1.29, 1.82) is 0 Å². The minimum absolute atomic E-state index is 0.202. The fourth-order valence-electron chi connectivity index (χ4n) is 1.36. The molecule has 0 bridgehead atoms. The Balaban J connectivity index is 2.07. The van der Waals surface area contributed by atoms with Gasteiger partial charge in [-0.15, -0.1) is 0 Å². The summed E-state index contributed by atoms with van der Waals surface area (Å²) in [6, 6.07) is 1.72. The smallest absolute Gasteiger partial charge is 0.333 e. The van der Waals surface area contributed by atoms with Crippen molar-refractivity contribution >= 4 is 17.1 Å². The lowest BCUT2D eigenvalue weighted by atomic mass is 10.3. The van der Waals surface area contributed by atoms with Crippen molar-refractivity contribution in [2.24, 2.45) is 0 Å². The number of esters is 1. The largest absolute Gasteiger partial charge is 0.471 e. The summed E-state index contributed by atoms with van der Waals surface area (Å²) in [6.07, 6.45) is 4.52. The molecule has 0 radical (unpaired) electrons. The molecule has 6 nitrogen and oxygen atoms in total. The average molecular weight is 248 g/mol. The molecule has 0 atom stereocenters. The standard InChI is InChI=1S/C12H12N2O4/c1-8(12(15)16-2)3-5-18-11-10-9(4-6-17-10)13-7-14-11/h3-4,6-7H,5H2,1-2H3/b8-3+. The van der Waals surface area contributed by atoms with Crippen molar-refractivity contribution in [3.05, 3.63) is 30.3 Å². The van der Waals surface area contributed by atoms with Crippen LogP contribution < -0.4 is 4.74 Å². The highest BCUT2D eigenvalue weighted by atomic mass is 16.5. The zero-order chi connectivity index (χ0) is 13.0. The van der Waals surface area contributed by atoms with Crippen LogP contribution in [0.4, 0.5) is 0 Å². The van der Waals surface area contributed by atoms with Crippen molar-refractivity contribution in [3.8, 4) is 5.88 Å². The van der Waals surface area contributed by atoms with Gasteiger partial charge in [0.15, 0.2) is 0 Å². The number of carbonyl (C=O) groups excluding carboxylic acids is 1. The molecule has 0 unspecified atom stereocenters. The number of carbonyl (C=O) groups is 1. The second-order valence-electron chi connectivity index (χ2n) is 3.50. The van der Waals surface area contributed by atoms with Gasteiger partial charge >= 0.3 is 5.97 Å². The van der Waals surface area contributed by atoms with E-state index in [0.29, 0.717) is 22.6 Å². The summed E-state index contributed by atoms with van der Waals surface area (Å²) in [6.45, 7) is 1.85. The Labute approximate surface area is 103 Å². The minimum atomic E-state index is -0.385. The van der Waals surface area contributed by atoms with E-state index in [1.54, 1.807) is 19.1 Å². The second kappa shape index (κ2) is 5.31. The van der Waals surface area contributed by atoms with Gasteiger partial charge in [-0.2, -0.15) is 4.98 Å². The molecule has 18 heavy (non-hydrogen) atoms. The van der Waals surface area contributed by atoms with Gasteiger partial charge in [-0.3, -0.25) is 0 Å². The number of hydrogen-bond donors (Lipinski definition) is 0. The first-order valence-corrected chi connectivity index (χ1v) is 5.28. The summed E-state index contributed by atoms with van der Waals surface area (Å²) in [7, 11) is 1.33. The minimum Gasteiger partial charge on any atom is -0.471 e. The van der Waals surface area contributed by atoms with Crippen molar-refractivity contribution in [2.75, 3.05) is 13.7 Å². The summed E-state index contributed by atoms with van der Waals surface area (Å²) in [5.74, 6) is -0.0386. The lowest BCUT2D eigenvalue weighted by molar-refractivity contribution is -0.136. The van der Waals surface area contributed by atoms with E-state index < -0.39 is 0 Å². The molecule has 0 aliphatic heterocycles. The molecule has 94 valence electrons. The molecule has 0 aliphatic carbocycles. The predicted molar refractivity (Wildman–Crippen MR) is 63.1 cm³/mol. The van der Waals surface area contributed by atoms with Gasteiger partial charge in [0.25, 0.3) is 5.88 Å². The normalized spacial score (nSPS) is 11.6. The Morgan fingerprint density at radius 2 is 2.33 bits per heavy atom. The van der Waals surface area contributed by atoms with Gasteiger partial charge in [0, 0.05) is 11.6 Å². The van der Waals surface area contributed by atoms with Crippen molar-refractivity contribution in [2.45, 2.75) is 6.92 Å². The molecule has 0 aliphatic rings. The van der Waals surface area contributed by atoms with Crippen LogP contribution in [0, 0.1) is 0 Å². The molecule has 2 aromatic heterocycles. The van der Waals surface area contributed by atoms with Gasteiger partial charge in [-0.1, -0.05) is 0 Å². The van der Waals surface area contributed by atoms with Crippen LogP contribution in [0.25, 0.3) is 11.1 Å². The number of fused-ring (bicyclic) bond motifs is 1. The molecule has 6 heteroatoms. The number of ether oxygens (including phenoxy) is 2. The maximum atomic E-state index is 11.1. The second-order valence-corrected chi connectivity index (χ2v) is 3.50. The van der Waals surface area contributed by atoms with Crippen LogP contribution in [0.2, 0.25) is 0 Å². The van der Waals surface area contributed by atoms with E-state index in [1.165, 1.54) is 19.7 Å².